The second-order valence-corrected chi connectivity index (χ2v) is 5.52. The molecule has 0 aliphatic rings. The lowest BCUT2D eigenvalue weighted by Gasteiger charge is -1.98. The van der Waals surface area contributed by atoms with Crippen LogP contribution in [0.5, 0.6) is 0 Å². The molecular formula is C13H11ClN2O3S. The summed E-state index contributed by atoms with van der Waals surface area (Å²) in [6.45, 7) is 0.533. The van der Waals surface area contributed by atoms with E-state index < -0.39 is 5.76 Å². The van der Waals surface area contributed by atoms with E-state index in [1.807, 2.05) is 23.6 Å². The lowest BCUT2D eigenvalue weighted by atomic mass is 10.2. The molecule has 0 fully saturated rings. The number of aromatic nitrogens is 2. The molecule has 0 unspecified atom stereocenters. The van der Waals surface area contributed by atoms with Gasteiger partial charge in [0.05, 0.1) is 16.3 Å². The first-order valence-corrected chi connectivity index (χ1v) is 7.15. The minimum Gasteiger partial charge on any atom is -0.390 e. The van der Waals surface area contributed by atoms with Gasteiger partial charge in [-0.15, -0.1) is 16.4 Å². The Morgan fingerprint density at radius 3 is 3.15 bits per heavy atom. The van der Waals surface area contributed by atoms with E-state index in [9.17, 15) is 4.79 Å². The minimum absolute atomic E-state index is 0.179. The number of ether oxygens (including phenoxy) is 1. The number of benzene rings is 1. The molecule has 0 amide bonds. The third-order valence-corrected chi connectivity index (χ3v) is 4.37. The first kappa shape index (κ1) is 13.4. The quantitative estimate of drug-likeness (QED) is 0.743. The van der Waals surface area contributed by atoms with Gasteiger partial charge in [-0.25, -0.2) is 4.79 Å². The first-order valence-electron chi connectivity index (χ1n) is 5.89. The lowest BCUT2D eigenvalue weighted by Crippen LogP contribution is -2.16. The second-order valence-electron chi connectivity index (χ2n) is 4.23. The highest BCUT2D eigenvalue weighted by Crippen LogP contribution is 2.32. The van der Waals surface area contributed by atoms with Gasteiger partial charge in [-0.2, -0.15) is 4.68 Å². The molecule has 0 bridgehead atoms. The third kappa shape index (κ3) is 2.37. The average Bonchev–Trinajstić information content (AvgIpc) is 2.97. The Bertz CT molecular complexity index is 805. The van der Waals surface area contributed by atoms with Crippen LogP contribution in [0.2, 0.25) is 5.02 Å². The zero-order chi connectivity index (χ0) is 14.1. The van der Waals surface area contributed by atoms with Crippen molar-refractivity contribution in [1.82, 2.24) is 9.78 Å². The highest BCUT2D eigenvalue weighted by Gasteiger charge is 2.12. The molecule has 0 radical (unpaired) electrons. The van der Waals surface area contributed by atoms with Gasteiger partial charge in [0.15, 0.2) is 0 Å². The summed E-state index contributed by atoms with van der Waals surface area (Å²) in [4.78, 5) is 11.7. The van der Waals surface area contributed by atoms with E-state index in [4.69, 9.17) is 20.8 Å². The van der Waals surface area contributed by atoms with Crippen molar-refractivity contribution in [3.8, 4) is 0 Å². The molecule has 0 N–H and O–H groups in total. The largest absolute Gasteiger partial charge is 0.437 e. The van der Waals surface area contributed by atoms with Gasteiger partial charge >= 0.3 is 5.76 Å². The van der Waals surface area contributed by atoms with Crippen molar-refractivity contribution in [3.63, 3.8) is 0 Å². The van der Waals surface area contributed by atoms with E-state index in [1.54, 1.807) is 11.3 Å². The topological polar surface area (TPSA) is 57.3 Å². The zero-order valence-corrected chi connectivity index (χ0v) is 12.2. The molecule has 20 heavy (non-hydrogen) atoms. The Labute approximate surface area is 123 Å². The number of nitrogens with zero attached hydrogens (tertiary/aromatic N) is 2. The van der Waals surface area contributed by atoms with Gasteiger partial charge in [0.25, 0.3) is 0 Å². The fourth-order valence-corrected chi connectivity index (χ4v) is 3.27. The molecule has 1 aromatic carbocycles. The molecule has 0 atom stereocenters. The van der Waals surface area contributed by atoms with Crippen LogP contribution in [0.15, 0.2) is 32.8 Å². The van der Waals surface area contributed by atoms with Crippen molar-refractivity contribution >= 4 is 33.0 Å². The van der Waals surface area contributed by atoms with Crippen LogP contribution in [0.25, 0.3) is 10.1 Å². The monoisotopic (exact) mass is 310 g/mol. The van der Waals surface area contributed by atoms with Gasteiger partial charge < -0.3 is 9.15 Å². The van der Waals surface area contributed by atoms with E-state index in [0.717, 1.165) is 15.6 Å². The van der Waals surface area contributed by atoms with Gasteiger partial charge in [-0.1, -0.05) is 23.7 Å². The second kappa shape index (κ2) is 5.40. The number of methoxy groups -OCH3 is 1. The van der Waals surface area contributed by atoms with E-state index in [2.05, 4.69) is 5.10 Å². The van der Waals surface area contributed by atoms with Crippen molar-refractivity contribution in [2.24, 2.45) is 0 Å². The maximum absolute atomic E-state index is 11.7. The molecule has 0 aliphatic carbocycles. The number of halogens is 1. The molecule has 104 valence electrons. The van der Waals surface area contributed by atoms with E-state index in [1.165, 1.54) is 11.8 Å². The number of hydrogen-bond acceptors (Lipinski definition) is 5. The summed E-state index contributed by atoms with van der Waals surface area (Å²) in [5.41, 5.74) is 0.992. The van der Waals surface area contributed by atoms with Crippen LogP contribution in [0.4, 0.5) is 0 Å². The Morgan fingerprint density at radius 1 is 1.50 bits per heavy atom. The number of rotatable bonds is 4. The molecule has 7 heteroatoms. The molecule has 0 aliphatic heterocycles. The third-order valence-electron chi connectivity index (χ3n) is 2.87. The molecule has 0 saturated heterocycles. The fraction of sp³-hybridized carbons (Fsp3) is 0.231. The zero-order valence-electron chi connectivity index (χ0n) is 10.6. The van der Waals surface area contributed by atoms with E-state index in [-0.39, 0.29) is 12.5 Å². The molecule has 5 nitrogen and oxygen atoms in total. The predicted molar refractivity (Wildman–Crippen MR) is 77.4 cm³/mol. The first-order chi connectivity index (χ1) is 9.69. The number of fused-ring (bicyclic) bond motifs is 1. The van der Waals surface area contributed by atoms with Crippen LogP contribution in [0, 0.1) is 0 Å². The maximum atomic E-state index is 11.7. The summed E-state index contributed by atoms with van der Waals surface area (Å²) in [7, 11) is 1.52. The van der Waals surface area contributed by atoms with Gasteiger partial charge in [-0.3, -0.25) is 0 Å². The molecular weight excluding hydrogens is 300 g/mol. The molecule has 3 aromatic rings. The fourth-order valence-electron chi connectivity index (χ4n) is 1.99. The normalized spacial score (nSPS) is 11.3. The highest BCUT2D eigenvalue weighted by molar-refractivity contribution is 7.18. The van der Waals surface area contributed by atoms with Crippen molar-refractivity contribution in [2.45, 2.75) is 13.2 Å². The van der Waals surface area contributed by atoms with Crippen molar-refractivity contribution < 1.29 is 9.15 Å². The minimum atomic E-state index is -0.488. The molecule has 2 heterocycles. The average molecular weight is 311 g/mol. The summed E-state index contributed by atoms with van der Waals surface area (Å²) in [5.74, 6) is -0.214. The van der Waals surface area contributed by atoms with Crippen LogP contribution in [-0.2, 0) is 17.9 Å². The molecule has 3 rings (SSSR count). The van der Waals surface area contributed by atoms with Gasteiger partial charge in [0, 0.05) is 7.11 Å². The Hall–Kier alpha value is -1.63. The lowest BCUT2D eigenvalue weighted by molar-refractivity contribution is 0.158. The van der Waals surface area contributed by atoms with Crippen LogP contribution in [0.1, 0.15) is 11.5 Å². The van der Waals surface area contributed by atoms with Crippen molar-refractivity contribution in [1.29, 1.82) is 0 Å². The number of thiophene rings is 1. The van der Waals surface area contributed by atoms with E-state index in [0.29, 0.717) is 11.6 Å². The van der Waals surface area contributed by atoms with Crippen LogP contribution in [-0.4, -0.2) is 16.9 Å². The van der Waals surface area contributed by atoms with Gasteiger partial charge in [0.2, 0.25) is 5.89 Å². The highest BCUT2D eigenvalue weighted by atomic mass is 35.5. The molecule has 2 aromatic heterocycles. The molecule has 0 saturated carbocycles. The van der Waals surface area contributed by atoms with Crippen molar-refractivity contribution in [3.05, 3.63) is 50.6 Å². The Morgan fingerprint density at radius 2 is 2.35 bits per heavy atom. The standard InChI is InChI=1S/C13H11ClN2O3S/c1-18-6-11-15-16(13(17)19-11)5-8-7-20-12-9(8)3-2-4-10(12)14/h2-4,7H,5-6H2,1H3. The SMILES string of the molecule is COCc1nn(Cc2csc3c(Cl)cccc23)c(=O)o1. The van der Waals surface area contributed by atoms with Crippen molar-refractivity contribution in [2.75, 3.05) is 7.11 Å². The summed E-state index contributed by atoms with van der Waals surface area (Å²) < 4.78 is 12.2. The summed E-state index contributed by atoms with van der Waals surface area (Å²) in [6.07, 6.45) is 0. The Kier molecular flexibility index (Phi) is 3.60. The Balaban J connectivity index is 1.97. The summed E-state index contributed by atoms with van der Waals surface area (Å²) in [5, 5.41) is 7.81. The van der Waals surface area contributed by atoms with Crippen LogP contribution >= 0.6 is 22.9 Å². The van der Waals surface area contributed by atoms with Crippen LogP contribution in [0.3, 0.4) is 0 Å². The maximum Gasteiger partial charge on any atom is 0.437 e. The van der Waals surface area contributed by atoms with E-state index >= 15 is 0 Å². The predicted octanol–water partition coefficient (Wildman–Crippen LogP) is 2.90. The number of hydrogen-bond donors (Lipinski definition) is 0. The molecule has 0 spiro atoms. The van der Waals surface area contributed by atoms with Crippen LogP contribution < -0.4 is 5.76 Å². The summed E-state index contributed by atoms with van der Waals surface area (Å²) in [6, 6.07) is 5.72. The smallest absolute Gasteiger partial charge is 0.390 e. The van der Waals surface area contributed by atoms with Gasteiger partial charge in [-0.05, 0) is 22.4 Å². The van der Waals surface area contributed by atoms with Gasteiger partial charge in [0.1, 0.15) is 6.61 Å². The summed E-state index contributed by atoms with van der Waals surface area (Å²) >= 11 is 7.69.